The van der Waals surface area contributed by atoms with Gasteiger partial charge in [0.05, 0.1) is 0 Å². The summed E-state index contributed by atoms with van der Waals surface area (Å²) < 4.78 is 39.5. The molecule has 3 rings (SSSR count). The van der Waals surface area contributed by atoms with Gasteiger partial charge in [0.2, 0.25) is 5.43 Å². The van der Waals surface area contributed by atoms with Crippen molar-refractivity contribution in [2.24, 2.45) is 14.1 Å². The molecule has 3 aromatic heterocycles. The molecule has 0 atom stereocenters. The fourth-order valence-electron chi connectivity index (χ4n) is 2.11. The largest absolute Gasteiger partial charge is 0.453 e. The lowest BCUT2D eigenvalue weighted by Crippen LogP contribution is -2.39. The standard InChI is InChI=1S/C11H7F3N6O3/c1-19-7-3(8(22)20(2)10(19)23)5(21)4-6(16-7)17-18-9(15-4)11(12,13)14/h1-2H3,(H,16,17,21). The molecule has 12 heteroatoms. The number of hydrogen-bond acceptors (Lipinski definition) is 6. The van der Waals surface area contributed by atoms with Gasteiger partial charge in [0.1, 0.15) is 11.0 Å². The average molecular weight is 328 g/mol. The first-order valence-corrected chi connectivity index (χ1v) is 6.06. The van der Waals surface area contributed by atoms with E-state index >= 15 is 0 Å². The zero-order valence-electron chi connectivity index (χ0n) is 11.6. The molecule has 0 bridgehead atoms. The van der Waals surface area contributed by atoms with Crippen LogP contribution in [-0.4, -0.2) is 29.3 Å². The number of aromatic amines is 1. The lowest BCUT2D eigenvalue weighted by atomic mass is 10.3. The van der Waals surface area contributed by atoms with E-state index in [2.05, 4.69) is 20.2 Å². The summed E-state index contributed by atoms with van der Waals surface area (Å²) in [7, 11) is 2.43. The Morgan fingerprint density at radius 2 is 1.70 bits per heavy atom. The van der Waals surface area contributed by atoms with Gasteiger partial charge in [-0.25, -0.2) is 9.78 Å². The minimum absolute atomic E-state index is 0.175. The van der Waals surface area contributed by atoms with E-state index in [4.69, 9.17) is 0 Å². The van der Waals surface area contributed by atoms with Gasteiger partial charge in [-0.2, -0.15) is 13.2 Å². The van der Waals surface area contributed by atoms with Crippen molar-refractivity contribution in [1.29, 1.82) is 0 Å². The van der Waals surface area contributed by atoms with Gasteiger partial charge in [0.15, 0.2) is 11.2 Å². The number of aryl methyl sites for hydroxylation is 1. The van der Waals surface area contributed by atoms with Gasteiger partial charge in [0.25, 0.3) is 11.4 Å². The van der Waals surface area contributed by atoms with Crippen LogP contribution in [0.4, 0.5) is 13.2 Å². The summed E-state index contributed by atoms with van der Waals surface area (Å²) in [5.74, 6) is -1.60. The molecule has 9 nitrogen and oxygen atoms in total. The second-order valence-corrected chi connectivity index (χ2v) is 4.71. The maximum atomic E-state index is 12.6. The van der Waals surface area contributed by atoms with Crippen molar-refractivity contribution in [3.05, 3.63) is 36.9 Å². The van der Waals surface area contributed by atoms with Gasteiger partial charge in [-0.3, -0.25) is 18.7 Å². The Balaban J connectivity index is 2.60. The van der Waals surface area contributed by atoms with Crippen molar-refractivity contribution in [3.63, 3.8) is 0 Å². The second-order valence-electron chi connectivity index (χ2n) is 4.71. The summed E-state index contributed by atoms with van der Waals surface area (Å²) in [5.41, 5.74) is -3.95. The first-order valence-electron chi connectivity index (χ1n) is 6.06. The molecule has 0 aromatic carbocycles. The lowest BCUT2D eigenvalue weighted by Gasteiger charge is -2.08. The first-order chi connectivity index (χ1) is 10.6. The quantitative estimate of drug-likeness (QED) is 0.545. The number of pyridine rings is 1. The minimum Gasteiger partial charge on any atom is -0.322 e. The van der Waals surface area contributed by atoms with Crippen LogP contribution in [0.1, 0.15) is 5.82 Å². The molecule has 0 radical (unpaired) electrons. The van der Waals surface area contributed by atoms with E-state index in [1.807, 2.05) is 0 Å². The van der Waals surface area contributed by atoms with E-state index in [0.717, 1.165) is 11.6 Å². The van der Waals surface area contributed by atoms with Crippen molar-refractivity contribution >= 4 is 22.2 Å². The van der Waals surface area contributed by atoms with Gasteiger partial charge in [-0.1, -0.05) is 0 Å². The third-order valence-electron chi connectivity index (χ3n) is 3.28. The molecule has 0 amide bonds. The molecule has 0 aliphatic carbocycles. The summed E-state index contributed by atoms with van der Waals surface area (Å²) >= 11 is 0. The highest BCUT2D eigenvalue weighted by Gasteiger charge is 2.36. The molecule has 23 heavy (non-hydrogen) atoms. The zero-order chi connectivity index (χ0) is 17.1. The van der Waals surface area contributed by atoms with E-state index < -0.39 is 39.6 Å². The number of halogens is 3. The van der Waals surface area contributed by atoms with Crippen LogP contribution >= 0.6 is 0 Å². The number of nitrogens with one attached hydrogen (secondary N) is 1. The van der Waals surface area contributed by atoms with E-state index in [1.165, 1.54) is 7.05 Å². The monoisotopic (exact) mass is 328 g/mol. The third-order valence-corrected chi connectivity index (χ3v) is 3.28. The van der Waals surface area contributed by atoms with Crippen LogP contribution < -0.4 is 16.7 Å². The van der Waals surface area contributed by atoms with Gasteiger partial charge < -0.3 is 4.98 Å². The minimum atomic E-state index is -4.89. The van der Waals surface area contributed by atoms with Crippen molar-refractivity contribution in [1.82, 2.24) is 29.3 Å². The third kappa shape index (κ3) is 2.02. The number of nitrogens with zero attached hydrogens (tertiary/aromatic N) is 5. The van der Waals surface area contributed by atoms with Crippen LogP contribution in [0.25, 0.3) is 22.2 Å². The molecule has 0 spiro atoms. The smallest absolute Gasteiger partial charge is 0.322 e. The molecule has 3 heterocycles. The molecule has 0 fully saturated rings. The molecule has 0 aliphatic heterocycles. The summed E-state index contributed by atoms with van der Waals surface area (Å²) in [6.45, 7) is 0. The van der Waals surface area contributed by atoms with E-state index in [-0.39, 0.29) is 11.3 Å². The summed E-state index contributed by atoms with van der Waals surface area (Å²) in [4.78, 5) is 41.9. The number of aromatic nitrogens is 6. The van der Waals surface area contributed by atoms with Crippen LogP contribution in [0.3, 0.4) is 0 Å². The van der Waals surface area contributed by atoms with Crippen LogP contribution in [0.15, 0.2) is 14.4 Å². The van der Waals surface area contributed by atoms with E-state index in [0.29, 0.717) is 4.57 Å². The van der Waals surface area contributed by atoms with E-state index in [9.17, 15) is 27.6 Å². The number of hydrogen-bond donors (Lipinski definition) is 1. The highest BCUT2D eigenvalue weighted by molar-refractivity contribution is 5.86. The highest BCUT2D eigenvalue weighted by Crippen LogP contribution is 2.25. The number of H-pyrrole nitrogens is 1. The first kappa shape index (κ1) is 14.9. The molecule has 0 unspecified atom stereocenters. The topological polar surface area (TPSA) is 116 Å². The molecule has 0 aliphatic rings. The second kappa shape index (κ2) is 4.47. The maximum absolute atomic E-state index is 12.6. The zero-order valence-corrected chi connectivity index (χ0v) is 11.6. The molecule has 0 saturated carbocycles. The van der Waals surface area contributed by atoms with Crippen molar-refractivity contribution in [3.8, 4) is 0 Å². The fourth-order valence-corrected chi connectivity index (χ4v) is 2.11. The molecular weight excluding hydrogens is 321 g/mol. The molecular formula is C11H7F3N6O3. The SMILES string of the molecule is Cn1c(=O)c2c(=O)c3nc(C(F)(F)F)nnc3[nH]c2n(C)c1=O. The summed E-state index contributed by atoms with van der Waals surface area (Å²) in [5, 5.41) is 5.67. The normalized spacial score (nSPS) is 12.2. The van der Waals surface area contributed by atoms with Gasteiger partial charge in [-0.05, 0) is 0 Å². The van der Waals surface area contributed by atoms with Crippen LogP contribution in [0, 0.1) is 0 Å². The Bertz CT molecular complexity index is 1140. The molecule has 1 N–H and O–H groups in total. The Morgan fingerprint density at radius 3 is 2.30 bits per heavy atom. The highest BCUT2D eigenvalue weighted by atomic mass is 19.4. The fraction of sp³-hybridized carbons (Fsp3) is 0.273. The van der Waals surface area contributed by atoms with Gasteiger partial charge in [-0.15, -0.1) is 10.2 Å². The Kier molecular flexibility index (Phi) is 2.89. The Labute approximate surface area is 123 Å². The summed E-state index contributed by atoms with van der Waals surface area (Å²) in [6, 6.07) is 0. The number of rotatable bonds is 0. The number of alkyl halides is 3. The lowest BCUT2D eigenvalue weighted by molar-refractivity contribution is -0.145. The molecule has 3 aromatic rings. The van der Waals surface area contributed by atoms with Crippen LogP contribution in [-0.2, 0) is 20.3 Å². The van der Waals surface area contributed by atoms with Crippen LogP contribution in [0.2, 0.25) is 0 Å². The Hall–Kier alpha value is -3.05. The average Bonchev–Trinajstić information content (AvgIpc) is 2.49. The van der Waals surface area contributed by atoms with Gasteiger partial charge in [0, 0.05) is 14.1 Å². The van der Waals surface area contributed by atoms with E-state index in [1.54, 1.807) is 0 Å². The summed E-state index contributed by atoms with van der Waals surface area (Å²) in [6.07, 6.45) is -4.89. The maximum Gasteiger partial charge on any atom is 0.453 e. The number of fused-ring (bicyclic) bond motifs is 2. The van der Waals surface area contributed by atoms with Gasteiger partial charge >= 0.3 is 11.9 Å². The van der Waals surface area contributed by atoms with Crippen molar-refractivity contribution in [2.45, 2.75) is 6.18 Å². The molecule has 0 saturated heterocycles. The van der Waals surface area contributed by atoms with Crippen molar-refractivity contribution in [2.75, 3.05) is 0 Å². The van der Waals surface area contributed by atoms with Crippen molar-refractivity contribution < 1.29 is 13.2 Å². The molecule has 120 valence electrons. The van der Waals surface area contributed by atoms with Crippen LogP contribution in [0.5, 0.6) is 0 Å². The Morgan fingerprint density at radius 1 is 1.04 bits per heavy atom. The predicted molar refractivity (Wildman–Crippen MR) is 70.9 cm³/mol. The predicted octanol–water partition coefficient (Wildman–Crippen LogP) is -0.718.